The molecule has 0 unspecified atom stereocenters. The molecule has 1 aromatic carbocycles. The summed E-state index contributed by atoms with van der Waals surface area (Å²) in [4.78, 5) is 29.3. The first-order valence-corrected chi connectivity index (χ1v) is 8.37. The molecule has 0 bridgehead atoms. The molecule has 0 saturated heterocycles. The van der Waals surface area contributed by atoms with Gasteiger partial charge in [-0.05, 0) is 39.0 Å². The Labute approximate surface area is 143 Å². The number of anilines is 1. The molecule has 0 saturated carbocycles. The average Bonchev–Trinajstić information content (AvgIpc) is 2.57. The van der Waals surface area contributed by atoms with Crippen LogP contribution in [0.2, 0.25) is 0 Å². The summed E-state index contributed by atoms with van der Waals surface area (Å²) in [6, 6.07) is 4.82. The van der Waals surface area contributed by atoms with E-state index in [1.165, 1.54) is 12.1 Å². The lowest BCUT2D eigenvalue weighted by atomic mass is 10.0. The Hall–Kier alpha value is -1.99. The molecule has 132 valence electrons. The molecular formula is C17H26N4O3. The summed E-state index contributed by atoms with van der Waals surface area (Å²) >= 11 is 0. The van der Waals surface area contributed by atoms with Crippen LogP contribution in [-0.2, 0) is 11.2 Å². The maximum atomic E-state index is 12.8. The number of carbonyl (C=O) groups excluding carboxylic acids is 1. The van der Waals surface area contributed by atoms with Crippen LogP contribution in [0.1, 0.15) is 18.9 Å². The third-order valence-corrected chi connectivity index (χ3v) is 4.37. The standard InChI is InChI=1S/C17H26N4O3/c1-4-19(11-10-18(2)3)13-17(22)20-9-5-6-14-7-8-15(21(23)24)12-16(14)20/h7-8,12H,4-6,9-11,13H2,1-3H3. The van der Waals surface area contributed by atoms with Gasteiger partial charge in [-0.3, -0.25) is 19.8 Å². The van der Waals surface area contributed by atoms with Gasteiger partial charge in [0.05, 0.1) is 17.2 Å². The van der Waals surface area contributed by atoms with E-state index >= 15 is 0 Å². The average molecular weight is 334 g/mol. The zero-order valence-corrected chi connectivity index (χ0v) is 14.7. The molecule has 0 atom stereocenters. The SMILES string of the molecule is CCN(CCN(C)C)CC(=O)N1CCCc2ccc([N+](=O)[O-])cc21. The lowest BCUT2D eigenvalue weighted by Crippen LogP contribution is -2.44. The summed E-state index contributed by atoms with van der Waals surface area (Å²) in [6.07, 6.45) is 1.75. The number of benzene rings is 1. The Bertz CT molecular complexity index is 603. The molecular weight excluding hydrogens is 308 g/mol. The minimum Gasteiger partial charge on any atom is -0.311 e. The van der Waals surface area contributed by atoms with Crippen LogP contribution in [0.3, 0.4) is 0 Å². The third-order valence-electron chi connectivity index (χ3n) is 4.37. The highest BCUT2D eigenvalue weighted by Gasteiger charge is 2.25. The highest BCUT2D eigenvalue weighted by molar-refractivity contribution is 5.96. The Morgan fingerprint density at radius 2 is 2.08 bits per heavy atom. The van der Waals surface area contributed by atoms with Crippen LogP contribution in [0, 0.1) is 10.1 Å². The molecule has 7 heteroatoms. The molecule has 7 nitrogen and oxygen atoms in total. The van der Waals surface area contributed by atoms with E-state index in [-0.39, 0.29) is 11.6 Å². The second-order valence-corrected chi connectivity index (χ2v) is 6.39. The minimum atomic E-state index is -0.410. The largest absolute Gasteiger partial charge is 0.311 e. The van der Waals surface area contributed by atoms with Crippen molar-refractivity contribution in [1.82, 2.24) is 9.80 Å². The molecule has 1 heterocycles. The van der Waals surface area contributed by atoms with Crippen LogP contribution < -0.4 is 4.90 Å². The minimum absolute atomic E-state index is 0.0112. The van der Waals surface area contributed by atoms with Crippen molar-refractivity contribution in [3.05, 3.63) is 33.9 Å². The van der Waals surface area contributed by atoms with Gasteiger partial charge in [-0.2, -0.15) is 0 Å². The van der Waals surface area contributed by atoms with E-state index in [9.17, 15) is 14.9 Å². The van der Waals surface area contributed by atoms with Crippen LogP contribution in [0.15, 0.2) is 18.2 Å². The van der Waals surface area contributed by atoms with Crippen molar-refractivity contribution in [2.75, 3.05) is 51.7 Å². The second-order valence-electron chi connectivity index (χ2n) is 6.39. The fourth-order valence-corrected chi connectivity index (χ4v) is 2.90. The van der Waals surface area contributed by atoms with Gasteiger partial charge in [0.15, 0.2) is 0 Å². The first-order valence-electron chi connectivity index (χ1n) is 8.37. The van der Waals surface area contributed by atoms with Gasteiger partial charge in [0.25, 0.3) is 5.69 Å². The maximum Gasteiger partial charge on any atom is 0.271 e. The van der Waals surface area contributed by atoms with Gasteiger partial charge in [-0.15, -0.1) is 0 Å². The van der Waals surface area contributed by atoms with Crippen LogP contribution >= 0.6 is 0 Å². The van der Waals surface area contributed by atoms with Gasteiger partial charge in [-0.1, -0.05) is 13.0 Å². The van der Waals surface area contributed by atoms with Crippen molar-refractivity contribution in [2.45, 2.75) is 19.8 Å². The van der Waals surface area contributed by atoms with Gasteiger partial charge >= 0.3 is 0 Å². The first-order chi connectivity index (χ1) is 11.4. The molecule has 1 aromatic rings. The van der Waals surface area contributed by atoms with Crippen LogP contribution in [0.25, 0.3) is 0 Å². The number of nitro benzene ring substituents is 1. The van der Waals surface area contributed by atoms with E-state index in [2.05, 4.69) is 9.80 Å². The topological polar surface area (TPSA) is 69.9 Å². The second kappa shape index (κ2) is 8.21. The predicted molar refractivity (Wildman–Crippen MR) is 94.4 cm³/mol. The zero-order valence-electron chi connectivity index (χ0n) is 14.7. The zero-order chi connectivity index (χ0) is 17.7. The van der Waals surface area contributed by atoms with Gasteiger partial charge in [0, 0.05) is 31.8 Å². The van der Waals surface area contributed by atoms with E-state index in [0.29, 0.717) is 18.8 Å². The first kappa shape index (κ1) is 18.4. The lowest BCUT2D eigenvalue weighted by Gasteiger charge is -2.31. The number of nitro groups is 1. The van der Waals surface area contributed by atoms with Crippen LogP contribution in [0.4, 0.5) is 11.4 Å². The van der Waals surface area contributed by atoms with Crippen molar-refractivity contribution in [3.8, 4) is 0 Å². The summed E-state index contributed by atoms with van der Waals surface area (Å²) in [5.74, 6) is 0.0112. The van der Waals surface area contributed by atoms with Gasteiger partial charge < -0.3 is 9.80 Å². The van der Waals surface area contributed by atoms with E-state index in [4.69, 9.17) is 0 Å². The molecule has 0 aromatic heterocycles. The summed E-state index contributed by atoms with van der Waals surface area (Å²) in [5.41, 5.74) is 1.74. The van der Waals surface area contributed by atoms with Crippen molar-refractivity contribution in [1.29, 1.82) is 0 Å². The van der Waals surface area contributed by atoms with Crippen LogP contribution in [0.5, 0.6) is 0 Å². The molecule has 0 fully saturated rings. The fraction of sp³-hybridized carbons (Fsp3) is 0.588. The predicted octanol–water partition coefficient (Wildman–Crippen LogP) is 1.76. The molecule has 1 aliphatic rings. The molecule has 24 heavy (non-hydrogen) atoms. The van der Waals surface area contributed by atoms with E-state index < -0.39 is 4.92 Å². The highest BCUT2D eigenvalue weighted by atomic mass is 16.6. The van der Waals surface area contributed by atoms with E-state index in [1.54, 1.807) is 11.0 Å². The molecule has 0 radical (unpaired) electrons. The smallest absolute Gasteiger partial charge is 0.271 e. The Morgan fingerprint density at radius 3 is 2.71 bits per heavy atom. The highest BCUT2D eigenvalue weighted by Crippen LogP contribution is 2.31. The molecule has 0 aliphatic carbocycles. The summed E-state index contributed by atoms with van der Waals surface area (Å²) in [5, 5.41) is 11.0. The Balaban J connectivity index is 2.13. The molecule has 1 aliphatic heterocycles. The Kier molecular flexibility index (Phi) is 6.28. The number of likely N-dealkylation sites (N-methyl/N-ethyl adjacent to an activating group) is 2. The van der Waals surface area contributed by atoms with E-state index in [0.717, 1.165) is 38.0 Å². The van der Waals surface area contributed by atoms with Crippen molar-refractivity contribution < 1.29 is 9.72 Å². The molecule has 0 spiro atoms. The normalized spacial score (nSPS) is 14.1. The summed E-state index contributed by atoms with van der Waals surface area (Å²) in [7, 11) is 4.02. The number of fused-ring (bicyclic) bond motifs is 1. The van der Waals surface area contributed by atoms with E-state index in [1.807, 2.05) is 21.0 Å². The third kappa shape index (κ3) is 4.52. The summed E-state index contributed by atoms with van der Waals surface area (Å²) < 4.78 is 0. The summed E-state index contributed by atoms with van der Waals surface area (Å²) in [6.45, 7) is 5.52. The number of amides is 1. The quantitative estimate of drug-likeness (QED) is 0.561. The number of rotatable bonds is 7. The molecule has 1 amide bonds. The monoisotopic (exact) mass is 334 g/mol. The van der Waals surface area contributed by atoms with Crippen molar-refractivity contribution in [3.63, 3.8) is 0 Å². The number of non-ortho nitro benzene ring substituents is 1. The van der Waals surface area contributed by atoms with Crippen molar-refractivity contribution in [2.24, 2.45) is 0 Å². The van der Waals surface area contributed by atoms with Gasteiger partial charge in [-0.25, -0.2) is 0 Å². The fourth-order valence-electron chi connectivity index (χ4n) is 2.90. The molecule has 0 N–H and O–H groups in total. The molecule has 2 rings (SSSR count). The van der Waals surface area contributed by atoms with Gasteiger partial charge in [0.2, 0.25) is 5.91 Å². The number of carbonyl (C=O) groups is 1. The number of hydrogen-bond acceptors (Lipinski definition) is 5. The Morgan fingerprint density at radius 1 is 1.33 bits per heavy atom. The van der Waals surface area contributed by atoms with Gasteiger partial charge in [0.1, 0.15) is 0 Å². The maximum absolute atomic E-state index is 12.8. The number of nitrogens with zero attached hydrogens (tertiary/aromatic N) is 4. The van der Waals surface area contributed by atoms with Crippen molar-refractivity contribution >= 4 is 17.3 Å². The van der Waals surface area contributed by atoms with Crippen LogP contribution in [-0.4, -0.2) is 67.4 Å². The lowest BCUT2D eigenvalue weighted by molar-refractivity contribution is -0.384. The number of aryl methyl sites for hydroxylation is 1. The number of hydrogen-bond donors (Lipinski definition) is 0.